The van der Waals surface area contributed by atoms with Gasteiger partial charge in [-0.15, -0.1) is 24.0 Å². The summed E-state index contributed by atoms with van der Waals surface area (Å²) in [5.41, 5.74) is 6.68. The van der Waals surface area contributed by atoms with Crippen LogP contribution in [0.25, 0.3) is 0 Å². The van der Waals surface area contributed by atoms with E-state index in [4.69, 9.17) is 10.5 Å². The van der Waals surface area contributed by atoms with Gasteiger partial charge in [-0.3, -0.25) is 9.78 Å². The molecule has 7 nitrogen and oxygen atoms in total. The van der Waals surface area contributed by atoms with Crippen LogP contribution in [0.3, 0.4) is 0 Å². The molecule has 1 unspecified atom stereocenters. The van der Waals surface area contributed by atoms with Crippen LogP contribution in [0.2, 0.25) is 0 Å². The van der Waals surface area contributed by atoms with E-state index >= 15 is 0 Å². The van der Waals surface area contributed by atoms with Crippen molar-refractivity contribution in [2.75, 3.05) is 33.9 Å². The number of rotatable bonds is 8. The highest BCUT2D eigenvalue weighted by atomic mass is 127. The fourth-order valence-corrected chi connectivity index (χ4v) is 1.82. The number of carbonyl (C=O) groups is 1. The predicted molar refractivity (Wildman–Crippen MR) is 102 cm³/mol. The molecule has 0 fully saturated rings. The zero-order valence-corrected chi connectivity index (χ0v) is 16.2. The summed E-state index contributed by atoms with van der Waals surface area (Å²) in [5, 5.41) is 2.95. The van der Waals surface area contributed by atoms with Crippen molar-refractivity contribution in [3.8, 4) is 0 Å². The zero-order valence-electron chi connectivity index (χ0n) is 13.9. The molecule has 0 aliphatic rings. The molecule has 1 atom stereocenters. The van der Waals surface area contributed by atoms with Gasteiger partial charge in [-0.2, -0.15) is 0 Å². The second-order valence-electron chi connectivity index (χ2n) is 5.09. The number of aromatic nitrogens is 1. The molecule has 3 N–H and O–H groups in total. The monoisotopic (exact) mass is 435 g/mol. The Morgan fingerprint density at radius 3 is 2.87 bits per heavy atom. The number of guanidine groups is 1. The Labute approximate surface area is 154 Å². The Morgan fingerprint density at radius 2 is 2.26 bits per heavy atom. The molecule has 0 aliphatic heterocycles. The standard InChI is InChI=1S/C15H25N5O2.HI/c1-12(11-22-3)19-15(16)18-10-14(21)20(2)9-7-13-6-4-5-8-17-13;/h4-6,8,12H,7,9-11H2,1-3H3,(H3,16,18,19);1H. The average molecular weight is 435 g/mol. The molecule has 130 valence electrons. The minimum absolute atomic E-state index is 0. The molecular weight excluding hydrogens is 409 g/mol. The first-order valence-corrected chi connectivity index (χ1v) is 7.22. The van der Waals surface area contributed by atoms with E-state index in [1.165, 1.54) is 0 Å². The maximum atomic E-state index is 12.0. The van der Waals surface area contributed by atoms with E-state index in [0.717, 1.165) is 5.69 Å². The van der Waals surface area contributed by atoms with Crippen LogP contribution in [-0.2, 0) is 16.0 Å². The van der Waals surface area contributed by atoms with Crippen LogP contribution in [0.15, 0.2) is 29.4 Å². The summed E-state index contributed by atoms with van der Waals surface area (Å²) in [5.74, 6) is 0.163. The summed E-state index contributed by atoms with van der Waals surface area (Å²) in [6, 6.07) is 5.79. The van der Waals surface area contributed by atoms with Crippen molar-refractivity contribution in [3.05, 3.63) is 30.1 Å². The van der Waals surface area contributed by atoms with Crippen molar-refractivity contribution in [1.29, 1.82) is 0 Å². The van der Waals surface area contributed by atoms with E-state index in [-0.39, 0.29) is 48.4 Å². The van der Waals surface area contributed by atoms with E-state index in [1.54, 1.807) is 25.3 Å². The lowest BCUT2D eigenvalue weighted by Crippen LogP contribution is -2.41. The highest BCUT2D eigenvalue weighted by molar-refractivity contribution is 14.0. The molecule has 0 aromatic carbocycles. The van der Waals surface area contributed by atoms with Crippen LogP contribution in [0.4, 0.5) is 0 Å². The maximum Gasteiger partial charge on any atom is 0.244 e. The molecule has 0 bridgehead atoms. The molecule has 1 amide bonds. The number of nitrogens with zero attached hydrogens (tertiary/aromatic N) is 3. The van der Waals surface area contributed by atoms with Gasteiger partial charge in [0.1, 0.15) is 6.54 Å². The number of hydrogen-bond donors (Lipinski definition) is 2. The van der Waals surface area contributed by atoms with Crippen molar-refractivity contribution in [2.45, 2.75) is 19.4 Å². The summed E-state index contributed by atoms with van der Waals surface area (Å²) in [4.78, 5) is 21.9. The number of nitrogens with one attached hydrogen (secondary N) is 1. The summed E-state index contributed by atoms with van der Waals surface area (Å²) >= 11 is 0. The van der Waals surface area contributed by atoms with Crippen LogP contribution in [0.1, 0.15) is 12.6 Å². The smallest absolute Gasteiger partial charge is 0.244 e. The summed E-state index contributed by atoms with van der Waals surface area (Å²) < 4.78 is 4.99. The Morgan fingerprint density at radius 1 is 1.52 bits per heavy atom. The fraction of sp³-hybridized carbons (Fsp3) is 0.533. The number of pyridine rings is 1. The third-order valence-electron chi connectivity index (χ3n) is 3.05. The van der Waals surface area contributed by atoms with Crippen molar-refractivity contribution in [3.63, 3.8) is 0 Å². The number of ether oxygens (including phenoxy) is 1. The van der Waals surface area contributed by atoms with Gasteiger partial charge in [0.2, 0.25) is 5.91 Å². The number of aliphatic imine (C=N–C) groups is 1. The van der Waals surface area contributed by atoms with Gasteiger partial charge in [0.15, 0.2) is 5.96 Å². The molecule has 8 heteroatoms. The molecule has 0 saturated carbocycles. The van der Waals surface area contributed by atoms with Crippen LogP contribution in [-0.4, -0.2) is 61.6 Å². The van der Waals surface area contributed by atoms with Gasteiger partial charge in [-0.1, -0.05) is 6.07 Å². The van der Waals surface area contributed by atoms with E-state index in [9.17, 15) is 4.79 Å². The van der Waals surface area contributed by atoms with Gasteiger partial charge in [0, 0.05) is 45.1 Å². The Balaban J connectivity index is 0.00000484. The molecule has 1 heterocycles. The first-order chi connectivity index (χ1) is 10.5. The Kier molecular flexibility index (Phi) is 11.3. The predicted octanol–water partition coefficient (Wildman–Crippen LogP) is 0.640. The van der Waals surface area contributed by atoms with E-state index in [0.29, 0.717) is 19.6 Å². The van der Waals surface area contributed by atoms with Crippen molar-refractivity contribution >= 4 is 35.8 Å². The molecule has 23 heavy (non-hydrogen) atoms. The van der Waals surface area contributed by atoms with Crippen molar-refractivity contribution in [2.24, 2.45) is 10.7 Å². The number of likely N-dealkylation sites (N-methyl/N-ethyl adjacent to an activating group) is 1. The SMILES string of the molecule is COCC(C)NC(N)=NCC(=O)N(C)CCc1ccccn1.I. The largest absolute Gasteiger partial charge is 0.383 e. The molecule has 0 saturated heterocycles. The second kappa shape index (κ2) is 12.1. The number of methoxy groups -OCH3 is 1. The van der Waals surface area contributed by atoms with E-state index in [2.05, 4.69) is 15.3 Å². The number of hydrogen-bond acceptors (Lipinski definition) is 4. The van der Waals surface area contributed by atoms with E-state index < -0.39 is 0 Å². The highest BCUT2D eigenvalue weighted by Gasteiger charge is 2.09. The molecule has 0 radical (unpaired) electrons. The van der Waals surface area contributed by atoms with Crippen LogP contribution < -0.4 is 11.1 Å². The summed E-state index contributed by atoms with van der Waals surface area (Å²) in [6.45, 7) is 3.07. The molecule has 1 aromatic rings. The first-order valence-electron chi connectivity index (χ1n) is 7.22. The highest BCUT2D eigenvalue weighted by Crippen LogP contribution is 1.97. The van der Waals surface area contributed by atoms with Crippen molar-refractivity contribution in [1.82, 2.24) is 15.2 Å². The minimum atomic E-state index is -0.0833. The zero-order chi connectivity index (χ0) is 16.4. The minimum Gasteiger partial charge on any atom is -0.383 e. The molecule has 1 aromatic heterocycles. The lowest BCUT2D eigenvalue weighted by molar-refractivity contribution is -0.128. The fourth-order valence-electron chi connectivity index (χ4n) is 1.82. The van der Waals surface area contributed by atoms with Gasteiger partial charge in [-0.05, 0) is 19.1 Å². The Bertz CT molecular complexity index is 484. The second-order valence-corrected chi connectivity index (χ2v) is 5.09. The first kappa shape index (κ1) is 21.6. The van der Waals surface area contributed by atoms with Gasteiger partial charge >= 0.3 is 0 Å². The number of halogens is 1. The molecule has 1 rings (SSSR count). The van der Waals surface area contributed by atoms with E-state index in [1.807, 2.05) is 25.1 Å². The lowest BCUT2D eigenvalue weighted by atomic mass is 10.2. The number of carbonyl (C=O) groups excluding carboxylic acids is 1. The third-order valence-corrected chi connectivity index (χ3v) is 3.05. The Hall–Kier alpha value is -1.42. The quantitative estimate of drug-likeness (QED) is 0.355. The summed E-state index contributed by atoms with van der Waals surface area (Å²) in [7, 11) is 3.36. The molecule has 0 spiro atoms. The van der Waals surface area contributed by atoms with Crippen molar-refractivity contribution < 1.29 is 9.53 Å². The van der Waals surface area contributed by atoms with Gasteiger partial charge in [0.05, 0.1) is 6.61 Å². The third kappa shape index (κ3) is 9.34. The summed E-state index contributed by atoms with van der Waals surface area (Å²) in [6.07, 6.45) is 2.46. The van der Waals surface area contributed by atoms with Gasteiger partial charge in [0.25, 0.3) is 0 Å². The molecule has 0 aliphatic carbocycles. The van der Waals surface area contributed by atoms with Crippen LogP contribution >= 0.6 is 24.0 Å². The molecular formula is C15H26IN5O2. The lowest BCUT2D eigenvalue weighted by Gasteiger charge is -2.16. The van der Waals surface area contributed by atoms with Gasteiger partial charge in [-0.25, -0.2) is 4.99 Å². The number of amides is 1. The van der Waals surface area contributed by atoms with Crippen LogP contribution in [0.5, 0.6) is 0 Å². The maximum absolute atomic E-state index is 12.0. The average Bonchev–Trinajstić information content (AvgIpc) is 2.51. The number of nitrogens with two attached hydrogens (primary N) is 1. The normalized spacial score (nSPS) is 12.2. The van der Waals surface area contributed by atoms with Crippen LogP contribution in [0, 0.1) is 0 Å². The topological polar surface area (TPSA) is 92.8 Å². The van der Waals surface area contributed by atoms with Gasteiger partial charge < -0.3 is 20.7 Å².